The Morgan fingerprint density at radius 1 is 0.647 bits per heavy atom. The van der Waals surface area contributed by atoms with E-state index in [9.17, 15) is 0 Å². The zero-order valence-corrected chi connectivity index (χ0v) is 25.8. The first-order valence-electron chi connectivity index (χ1n) is 13.6. The highest BCUT2D eigenvalue weighted by Crippen LogP contribution is 2.36. The molecule has 0 amide bonds. The normalized spacial score (nSPS) is 14.6. The van der Waals surface area contributed by atoms with Gasteiger partial charge in [-0.3, -0.25) is 4.90 Å². The van der Waals surface area contributed by atoms with Crippen LogP contribution in [0.15, 0.2) is 0 Å². The zero-order valence-electron chi connectivity index (χ0n) is 23.8. The van der Waals surface area contributed by atoms with Crippen LogP contribution in [0.3, 0.4) is 0 Å². The van der Waals surface area contributed by atoms with Gasteiger partial charge >= 0.3 is 0 Å². The fourth-order valence-corrected chi connectivity index (χ4v) is 6.01. The Hall–Kier alpha value is 0.620. The highest BCUT2D eigenvalue weighted by atomic mass is 31.1. The molecule has 0 aliphatic carbocycles. The number of hydrogen-bond acceptors (Lipinski definition) is 6. The molecule has 0 aliphatic heterocycles. The highest BCUT2D eigenvalue weighted by Gasteiger charge is 2.28. The summed E-state index contributed by atoms with van der Waals surface area (Å²) in [6.07, 6.45) is 7.35. The summed E-state index contributed by atoms with van der Waals surface area (Å²) in [4.78, 5) is 2.50. The number of ether oxygens (including phenoxy) is 5. The van der Waals surface area contributed by atoms with Crippen molar-refractivity contribution in [2.45, 2.75) is 118 Å². The molecular formula is C26H57NO5P2. The van der Waals surface area contributed by atoms with Crippen LogP contribution in [0, 0.1) is 0 Å². The van der Waals surface area contributed by atoms with E-state index in [0.717, 1.165) is 83.9 Å². The largest absolute Gasteiger partial charge is 0.361 e. The van der Waals surface area contributed by atoms with Crippen molar-refractivity contribution in [1.29, 1.82) is 0 Å². The Balaban J connectivity index is 5.11. The van der Waals surface area contributed by atoms with Gasteiger partial charge in [-0.15, -0.1) is 0 Å². The van der Waals surface area contributed by atoms with Crippen LogP contribution in [0.4, 0.5) is 0 Å². The van der Waals surface area contributed by atoms with Crippen molar-refractivity contribution in [2.75, 3.05) is 51.8 Å². The van der Waals surface area contributed by atoms with Gasteiger partial charge in [-0.25, -0.2) is 0 Å². The zero-order chi connectivity index (χ0) is 25.9. The second-order valence-corrected chi connectivity index (χ2v) is 12.7. The molecule has 0 aromatic rings. The fraction of sp³-hybridized carbons (Fsp3) is 1.00. The summed E-state index contributed by atoms with van der Waals surface area (Å²) in [5.74, 6) is 0. The molecule has 0 N–H and O–H groups in total. The maximum atomic E-state index is 6.29. The third kappa shape index (κ3) is 16.4. The van der Waals surface area contributed by atoms with E-state index < -0.39 is 11.1 Å². The third-order valence-electron chi connectivity index (χ3n) is 5.20. The average Bonchev–Trinajstić information content (AvgIpc) is 2.81. The lowest BCUT2D eigenvalue weighted by atomic mass is 10.3. The van der Waals surface area contributed by atoms with E-state index in [1.165, 1.54) is 0 Å². The molecule has 0 heterocycles. The molecule has 206 valence electrons. The van der Waals surface area contributed by atoms with Crippen molar-refractivity contribution in [3.63, 3.8) is 0 Å². The van der Waals surface area contributed by atoms with Gasteiger partial charge in [0, 0.05) is 13.1 Å². The molecule has 3 unspecified atom stereocenters. The van der Waals surface area contributed by atoms with Crippen LogP contribution in [0.25, 0.3) is 0 Å². The summed E-state index contributed by atoms with van der Waals surface area (Å²) in [6, 6.07) is 0. The maximum absolute atomic E-state index is 6.29. The van der Waals surface area contributed by atoms with Crippen molar-refractivity contribution in [3.8, 4) is 0 Å². The first-order chi connectivity index (χ1) is 16.2. The van der Waals surface area contributed by atoms with Crippen molar-refractivity contribution < 1.29 is 23.7 Å². The van der Waals surface area contributed by atoms with Gasteiger partial charge in [-0.1, -0.05) is 51.8 Å². The van der Waals surface area contributed by atoms with E-state index in [2.05, 4.69) is 67.2 Å². The van der Waals surface area contributed by atoms with E-state index in [4.69, 9.17) is 23.7 Å². The predicted octanol–water partition coefficient (Wildman–Crippen LogP) is 6.86. The summed E-state index contributed by atoms with van der Waals surface area (Å²) in [5.41, 5.74) is -0.971. The molecule has 0 rings (SSSR count). The Morgan fingerprint density at radius 3 is 1.26 bits per heavy atom. The minimum atomic E-state index is -0.486. The van der Waals surface area contributed by atoms with Crippen LogP contribution in [0.2, 0.25) is 0 Å². The molecule has 6 nitrogen and oxygen atoms in total. The fourth-order valence-electron chi connectivity index (χ4n) is 3.48. The Kier molecular flexibility index (Phi) is 21.0. The van der Waals surface area contributed by atoms with Gasteiger partial charge in [0.2, 0.25) is 0 Å². The lowest BCUT2D eigenvalue weighted by Crippen LogP contribution is -2.42. The van der Waals surface area contributed by atoms with Gasteiger partial charge in [0.15, 0.2) is 11.1 Å². The Morgan fingerprint density at radius 2 is 1.00 bits per heavy atom. The average molecular weight is 526 g/mol. The summed E-state index contributed by atoms with van der Waals surface area (Å²) in [5, 5.41) is 0. The first kappa shape index (κ1) is 34.6. The number of hydrogen-bond donors (Lipinski definition) is 0. The van der Waals surface area contributed by atoms with Crippen molar-refractivity contribution in [1.82, 2.24) is 4.90 Å². The quantitative estimate of drug-likeness (QED) is 0.101. The Labute approximate surface area is 215 Å². The lowest BCUT2D eigenvalue weighted by molar-refractivity contribution is -0.162. The molecule has 0 fully saturated rings. The monoisotopic (exact) mass is 525 g/mol. The number of rotatable bonds is 24. The molecule has 0 radical (unpaired) electrons. The molecule has 0 saturated heterocycles. The van der Waals surface area contributed by atoms with Crippen molar-refractivity contribution >= 4 is 17.2 Å². The molecule has 0 aliphatic rings. The smallest absolute Gasteiger partial charge is 0.180 e. The van der Waals surface area contributed by atoms with Crippen molar-refractivity contribution in [3.05, 3.63) is 0 Å². The minimum absolute atomic E-state index is 0.119. The van der Waals surface area contributed by atoms with Crippen molar-refractivity contribution in [2.24, 2.45) is 0 Å². The summed E-state index contributed by atoms with van der Waals surface area (Å²) < 4.78 is 30.8. The van der Waals surface area contributed by atoms with Gasteiger partial charge < -0.3 is 23.7 Å². The van der Waals surface area contributed by atoms with E-state index in [1.54, 1.807) is 0 Å². The van der Waals surface area contributed by atoms with E-state index >= 15 is 0 Å². The first-order valence-corrected chi connectivity index (χ1v) is 16.1. The van der Waals surface area contributed by atoms with Crippen LogP contribution >= 0.6 is 17.2 Å². The second-order valence-electron chi connectivity index (χ2n) is 9.22. The van der Waals surface area contributed by atoms with Gasteiger partial charge in [0.25, 0.3) is 0 Å². The van der Waals surface area contributed by atoms with Crippen LogP contribution in [0.5, 0.6) is 0 Å². The topological polar surface area (TPSA) is 49.4 Å². The molecular weight excluding hydrogens is 468 g/mol. The van der Waals surface area contributed by atoms with Crippen LogP contribution in [0.1, 0.15) is 94.4 Å². The van der Waals surface area contributed by atoms with E-state index in [0.29, 0.717) is 17.2 Å². The third-order valence-corrected chi connectivity index (χ3v) is 8.01. The molecule has 8 heteroatoms. The molecule has 0 aromatic heterocycles. The predicted molar refractivity (Wildman–Crippen MR) is 150 cm³/mol. The van der Waals surface area contributed by atoms with Gasteiger partial charge in [-0.05, 0) is 72.1 Å². The summed E-state index contributed by atoms with van der Waals surface area (Å²) in [6.45, 7) is 24.1. The van der Waals surface area contributed by atoms with E-state index in [1.807, 2.05) is 0 Å². The standard InChI is InChI=1S/C26H57NO5P2/c1-10-17-28-25(8,29-18-11-2)33-21-15-27(24(14-5)32-23(6)7)16-22-34-26(9,30-19-12-3)31-20-13-4/h23-24,33-34H,10-22H2,1-9H3. The Bertz CT molecular complexity index is 422. The summed E-state index contributed by atoms with van der Waals surface area (Å²) >= 11 is 0. The summed E-state index contributed by atoms with van der Waals surface area (Å²) in [7, 11) is 1.17. The van der Waals surface area contributed by atoms with Gasteiger partial charge in [-0.2, -0.15) is 0 Å². The maximum Gasteiger partial charge on any atom is 0.180 e. The molecule has 0 saturated carbocycles. The highest BCUT2D eigenvalue weighted by molar-refractivity contribution is 7.39. The number of nitrogens with zero attached hydrogens (tertiary/aromatic N) is 1. The second kappa shape index (κ2) is 20.7. The minimum Gasteiger partial charge on any atom is -0.361 e. The van der Waals surface area contributed by atoms with Crippen LogP contribution in [-0.4, -0.2) is 80.1 Å². The van der Waals surface area contributed by atoms with Gasteiger partial charge in [0.1, 0.15) is 6.23 Å². The van der Waals surface area contributed by atoms with Crippen LogP contribution in [-0.2, 0) is 23.7 Å². The SMILES string of the molecule is CCCOC(C)(OCCC)PCCN(CCPC(C)(OCCC)OCCC)C(CC)OC(C)C. The lowest BCUT2D eigenvalue weighted by Gasteiger charge is -2.36. The molecule has 0 aromatic carbocycles. The van der Waals surface area contributed by atoms with Gasteiger partial charge in [0.05, 0.1) is 32.5 Å². The van der Waals surface area contributed by atoms with E-state index in [-0.39, 0.29) is 12.3 Å². The molecule has 0 bridgehead atoms. The molecule has 34 heavy (non-hydrogen) atoms. The van der Waals surface area contributed by atoms with Crippen LogP contribution < -0.4 is 0 Å². The molecule has 3 atom stereocenters. The molecule has 0 spiro atoms.